The molecule has 0 spiro atoms. The molecule has 0 heterocycles. The molecule has 0 aliphatic rings. The van der Waals surface area contributed by atoms with Crippen molar-refractivity contribution in [3.8, 4) is 0 Å². The van der Waals surface area contributed by atoms with Crippen LogP contribution in [0.25, 0.3) is 0 Å². The predicted octanol–water partition coefficient (Wildman–Crippen LogP) is 4.91. The van der Waals surface area contributed by atoms with E-state index in [9.17, 15) is 14.0 Å². The van der Waals surface area contributed by atoms with E-state index in [1.165, 1.54) is 12.1 Å². The Morgan fingerprint density at radius 1 is 1.10 bits per heavy atom. The first-order valence-electron chi connectivity index (χ1n) is 9.91. The number of benzene rings is 2. The number of rotatable bonds is 8. The third-order valence-electron chi connectivity index (χ3n) is 5.26. The minimum atomic E-state index is -2.26. The van der Waals surface area contributed by atoms with E-state index < -0.39 is 7.26 Å². The van der Waals surface area contributed by atoms with Gasteiger partial charge in [-0.25, -0.2) is 0 Å². The molecule has 0 radical (unpaired) electrons. The summed E-state index contributed by atoms with van der Waals surface area (Å²) in [6.45, 7) is 9.82. The maximum absolute atomic E-state index is 13.5. The van der Waals surface area contributed by atoms with E-state index in [-0.39, 0.29) is 36.1 Å². The van der Waals surface area contributed by atoms with Crippen molar-refractivity contribution in [2.24, 2.45) is 0 Å². The fraction of sp³-hybridized carbons (Fsp3) is 0.391. The number of nitrogens with one attached hydrogen (secondary N) is 1. The number of halogens is 1. The molecular weight excluding hydrogens is 388 g/mol. The number of hydrogen-bond donors (Lipinski definition) is 1. The van der Waals surface area contributed by atoms with Crippen LogP contribution in [-0.2, 0) is 20.9 Å². The van der Waals surface area contributed by atoms with Crippen molar-refractivity contribution in [2.45, 2.75) is 39.5 Å². The molecule has 0 fully saturated rings. The van der Waals surface area contributed by atoms with E-state index in [2.05, 4.69) is 5.32 Å². The normalized spacial score (nSPS) is 12.9. The molecule has 1 atom stereocenters. The van der Waals surface area contributed by atoms with Crippen molar-refractivity contribution in [3.63, 3.8) is 0 Å². The molecule has 1 amide bonds. The van der Waals surface area contributed by atoms with Crippen LogP contribution < -0.4 is 5.32 Å². The Bertz CT molecular complexity index is 845. The van der Waals surface area contributed by atoms with E-state index in [1.807, 2.05) is 50.6 Å². The van der Waals surface area contributed by atoms with E-state index in [4.69, 9.17) is 4.74 Å². The molecule has 2 rings (SSSR count). The molecule has 0 saturated carbocycles. The minimum absolute atomic E-state index is 0.113. The molecule has 2 aromatic carbocycles. The van der Waals surface area contributed by atoms with Crippen molar-refractivity contribution < 1.29 is 18.7 Å². The first-order valence-corrected chi connectivity index (χ1v) is 13.2. The van der Waals surface area contributed by atoms with Crippen LogP contribution in [0.5, 0.6) is 0 Å². The van der Waals surface area contributed by atoms with E-state index >= 15 is 0 Å². The molecule has 29 heavy (non-hydrogen) atoms. The number of ether oxygens (including phenoxy) is 1. The number of amides is 1. The topological polar surface area (TPSA) is 55.4 Å². The molecule has 1 unspecified atom stereocenters. The van der Waals surface area contributed by atoms with Crippen LogP contribution in [0.2, 0.25) is 0 Å². The maximum atomic E-state index is 13.5. The molecule has 1 N–H and O–H groups in total. The van der Waals surface area contributed by atoms with Crippen LogP contribution in [0.3, 0.4) is 0 Å². The zero-order valence-electron chi connectivity index (χ0n) is 17.8. The first kappa shape index (κ1) is 23.0. The molecule has 0 saturated heterocycles. The van der Waals surface area contributed by atoms with Crippen molar-refractivity contribution >= 4 is 24.8 Å². The Morgan fingerprint density at radius 2 is 1.69 bits per heavy atom. The summed E-state index contributed by atoms with van der Waals surface area (Å²) in [5, 5.41) is 2.97. The summed E-state index contributed by atoms with van der Waals surface area (Å²) in [5.74, 6) is -0.704. The molecule has 158 valence electrons. The number of carbonyl (C=O) groups is 2. The molecule has 0 aliphatic carbocycles. The third kappa shape index (κ3) is 6.37. The zero-order chi connectivity index (χ0) is 21.6. The SMILES string of the molecule is CCC(C(=O)Nc1c(C)cc(F)cc1C)[PH](C)(C)CC(=O)OCc1ccccc1. The Labute approximate surface area is 173 Å². The molecule has 2 aromatic rings. The van der Waals surface area contributed by atoms with Gasteiger partial charge in [0.2, 0.25) is 0 Å². The van der Waals surface area contributed by atoms with Gasteiger partial charge in [0, 0.05) is 0 Å². The van der Waals surface area contributed by atoms with Gasteiger partial charge in [0.15, 0.2) is 0 Å². The van der Waals surface area contributed by atoms with Gasteiger partial charge in [-0.05, 0) is 0 Å². The van der Waals surface area contributed by atoms with Crippen LogP contribution >= 0.6 is 7.26 Å². The van der Waals surface area contributed by atoms with Crippen LogP contribution in [0.4, 0.5) is 10.1 Å². The van der Waals surface area contributed by atoms with E-state index in [0.29, 0.717) is 23.2 Å². The summed E-state index contributed by atoms with van der Waals surface area (Å²) in [5.41, 5.74) is 2.70. The second kappa shape index (κ2) is 9.98. The zero-order valence-corrected chi connectivity index (χ0v) is 18.8. The number of carbonyl (C=O) groups excluding carboxylic acids is 2. The number of hydrogen-bond acceptors (Lipinski definition) is 3. The molecular formula is C23H31FNO3P. The van der Waals surface area contributed by atoms with Crippen LogP contribution in [0.1, 0.15) is 30.0 Å². The molecule has 0 aromatic heterocycles. The average Bonchev–Trinajstić information content (AvgIpc) is 2.63. The number of esters is 1. The van der Waals surface area contributed by atoms with Crippen LogP contribution in [0, 0.1) is 19.7 Å². The summed E-state index contributed by atoms with van der Waals surface area (Å²) in [7, 11) is -2.26. The summed E-state index contributed by atoms with van der Waals surface area (Å²) in [6, 6.07) is 12.4. The average molecular weight is 419 g/mol. The van der Waals surface area contributed by atoms with Crippen LogP contribution in [-0.4, -0.2) is 37.0 Å². The monoisotopic (exact) mass is 419 g/mol. The van der Waals surface area contributed by atoms with Crippen molar-refractivity contribution in [1.29, 1.82) is 0 Å². The van der Waals surface area contributed by atoms with E-state index in [0.717, 1.165) is 5.56 Å². The van der Waals surface area contributed by atoms with Gasteiger partial charge in [0.1, 0.15) is 0 Å². The van der Waals surface area contributed by atoms with Crippen LogP contribution in [0.15, 0.2) is 42.5 Å². The second-order valence-corrected chi connectivity index (χ2v) is 13.2. The summed E-state index contributed by atoms with van der Waals surface area (Å²) in [4.78, 5) is 25.4. The quantitative estimate of drug-likeness (QED) is 0.489. The second-order valence-electron chi connectivity index (χ2n) is 8.18. The Kier molecular flexibility index (Phi) is 7.92. The van der Waals surface area contributed by atoms with Gasteiger partial charge in [-0.2, -0.15) is 0 Å². The van der Waals surface area contributed by atoms with Gasteiger partial charge >= 0.3 is 173 Å². The number of anilines is 1. The van der Waals surface area contributed by atoms with E-state index in [1.54, 1.807) is 13.8 Å². The summed E-state index contributed by atoms with van der Waals surface area (Å²) in [6.07, 6.45) is 0.906. The van der Waals surface area contributed by atoms with Crippen molar-refractivity contribution in [1.82, 2.24) is 0 Å². The van der Waals surface area contributed by atoms with Gasteiger partial charge in [-0.15, -0.1) is 0 Å². The fourth-order valence-electron chi connectivity index (χ4n) is 3.70. The third-order valence-corrected chi connectivity index (χ3v) is 9.01. The van der Waals surface area contributed by atoms with Crippen molar-refractivity contribution in [3.05, 3.63) is 65.0 Å². The van der Waals surface area contributed by atoms with Gasteiger partial charge in [0.25, 0.3) is 0 Å². The fourth-order valence-corrected chi connectivity index (χ4v) is 6.67. The number of aryl methyl sites for hydroxylation is 2. The van der Waals surface area contributed by atoms with Gasteiger partial charge in [-0.3, -0.25) is 0 Å². The van der Waals surface area contributed by atoms with Gasteiger partial charge in [0.05, 0.1) is 0 Å². The van der Waals surface area contributed by atoms with Gasteiger partial charge in [-0.1, -0.05) is 0 Å². The first-order chi connectivity index (χ1) is 13.6. The Hall–Kier alpha value is -2.26. The predicted molar refractivity (Wildman–Crippen MR) is 120 cm³/mol. The molecule has 0 bridgehead atoms. The molecule has 4 nitrogen and oxygen atoms in total. The van der Waals surface area contributed by atoms with Gasteiger partial charge < -0.3 is 0 Å². The Balaban J connectivity index is 2.04. The summed E-state index contributed by atoms with van der Waals surface area (Å²) >= 11 is 0. The standard InChI is InChI=1S/C23H31FNO3P/c1-6-20(23(27)25-22-16(2)12-19(24)13-17(22)3)29(4,5)15-21(26)28-14-18-10-8-7-9-11-18/h7-13,20,29H,6,14-15H2,1-5H3,(H,25,27). The summed E-state index contributed by atoms with van der Waals surface area (Å²) < 4.78 is 19.0. The molecule has 0 aliphatic heterocycles. The Morgan fingerprint density at radius 3 is 2.24 bits per heavy atom. The molecule has 6 heteroatoms. The van der Waals surface area contributed by atoms with Crippen molar-refractivity contribution in [2.75, 3.05) is 24.8 Å².